The summed E-state index contributed by atoms with van der Waals surface area (Å²) >= 11 is 0. The van der Waals surface area contributed by atoms with Gasteiger partial charge in [-0.1, -0.05) is 76.6 Å². The summed E-state index contributed by atoms with van der Waals surface area (Å²) in [6.07, 6.45) is 7.96. The van der Waals surface area contributed by atoms with E-state index >= 15 is 0 Å². The second kappa shape index (κ2) is 7.56. The maximum atomic E-state index is 13.0. The van der Waals surface area contributed by atoms with E-state index in [1.165, 1.54) is 12.0 Å². The number of carbonyl (C=O) groups excluding carboxylic acids is 1. The normalized spacial score (nSPS) is 31.8. The quantitative estimate of drug-likeness (QED) is 0.619. The van der Waals surface area contributed by atoms with Gasteiger partial charge < -0.3 is 4.74 Å². The van der Waals surface area contributed by atoms with Crippen molar-refractivity contribution in [2.45, 2.75) is 70.4 Å². The van der Waals surface area contributed by atoms with Gasteiger partial charge in [-0.05, 0) is 36.2 Å². The van der Waals surface area contributed by atoms with Gasteiger partial charge in [0.05, 0.1) is 0 Å². The van der Waals surface area contributed by atoms with Crippen molar-refractivity contribution in [2.24, 2.45) is 11.8 Å². The highest BCUT2D eigenvalue weighted by Crippen LogP contribution is 2.44. The maximum absolute atomic E-state index is 13.0. The van der Waals surface area contributed by atoms with Crippen LogP contribution in [0, 0.1) is 11.8 Å². The van der Waals surface area contributed by atoms with Gasteiger partial charge >= 0.3 is 5.97 Å². The predicted molar refractivity (Wildman–Crippen MR) is 106 cm³/mol. The third kappa shape index (κ3) is 3.59. The number of ether oxygens (including phenoxy) is 1. The molecule has 1 aromatic carbocycles. The van der Waals surface area contributed by atoms with Crippen LogP contribution in [0.2, 0.25) is 0 Å². The molecular weight excluding hydrogens is 322 g/mol. The summed E-state index contributed by atoms with van der Waals surface area (Å²) < 4.78 is 6.21. The van der Waals surface area contributed by atoms with E-state index in [1.807, 2.05) is 19.1 Å². The lowest BCUT2D eigenvalue weighted by Gasteiger charge is -2.44. The van der Waals surface area contributed by atoms with Crippen molar-refractivity contribution in [1.29, 1.82) is 0 Å². The Balaban J connectivity index is 1.83. The molecule has 4 atom stereocenters. The lowest BCUT2D eigenvalue weighted by atomic mass is 9.64. The first-order valence-electron chi connectivity index (χ1n) is 10.1. The second-order valence-corrected chi connectivity index (χ2v) is 8.66. The van der Waals surface area contributed by atoms with E-state index in [0.29, 0.717) is 11.8 Å². The predicted octanol–water partition coefficient (Wildman–Crippen LogP) is 4.62. The van der Waals surface area contributed by atoms with Gasteiger partial charge in [0, 0.05) is 12.5 Å². The molecule has 1 N–H and O–H groups in total. The van der Waals surface area contributed by atoms with Crippen molar-refractivity contribution in [3.05, 3.63) is 48.0 Å². The standard InChI is InChI=1S/C23H33NO2/c1-5-23(14-9-15-24-23)21(25)26-20-16-17(2)12-13-19(20)22(3,4)18-10-7-6-8-11-18/h6-11,14,17,19-20,24H,5,12-13,15-16H2,1-4H3/t17-,19-,20-,23-/m1/s1. The first kappa shape index (κ1) is 19.2. The minimum absolute atomic E-state index is 0.0231. The Morgan fingerprint density at radius 3 is 2.62 bits per heavy atom. The molecule has 2 aliphatic rings. The minimum atomic E-state index is -0.637. The molecule has 3 rings (SSSR count). The van der Waals surface area contributed by atoms with Gasteiger partial charge in [-0.25, -0.2) is 4.79 Å². The Morgan fingerprint density at radius 1 is 1.27 bits per heavy atom. The molecule has 142 valence electrons. The van der Waals surface area contributed by atoms with Crippen LogP contribution in [0.1, 0.15) is 58.9 Å². The fourth-order valence-corrected chi connectivity index (χ4v) is 4.70. The Bertz CT molecular complexity index is 651. The van der Waals surface area contributed by atoms with Crippen molar-refractivity contribution >= 4 is 5.97 Å². The summed E-state index contributed by atoms with van der Waals surface area (Å²) in [7, 11) is 0. The van der Waals surface area contributed by atoms with Gasteiger partial charge in [0.25, 0.3) is 0 Å². The largest absolute Gasteiger partial charge is 0.460 e. The summed E-state index contributed by atoms with van der Waals surface area (Å²) in [6, 6.07) is 10.7. The van der Waals surface area contributed by atoms with E-state index in [-0.39, 0.29) is 17.5 Å². The van der Waals surface area contributed by atoms with E-state index in [0.717, 1.165) is 25.8 Å². The van der Waals surface area contributed by atoms with Crippen molar-refractivity contribution in [1.82, 2.24) is 5.32 Å². The lowest BCUT2D eigenvalue weighted by molar-refractivity contribution is -0.162. The second-order valence-electron chi connectivity index (χ2n) is 8.66. The maximum Gasteiger partial charge on any atom is 0.330 e. The number of carbonyl (C=O) groups is 1. The van der Waals surface area contributed by atoms with E-state index in [9.17, 15) is 4.79 Å². The topological polar surface area (TPSA) is 38.3 Å². The number of rotatable bonds is 5. The molecule has 3 nitrogen and oxygen atoms in total. The highest BCUT2D eigenvalue weighted by molar-refractivity contribution is 5.84. The van der Waals surface area contributed by atoms with Gasteiger partial charge in [0.1, 0.15) is 11.6 Å². The zero-order valence-electron chi connectivity index (χ0n) is 16.6. The highest BCUT2D eigenvalue weighted by atomic mass is 16.5. The fourth-order valence-electron chi connectivity index (χ4n) is 4.70. The van der Waals surface area contributed by atoms with E-state index in [1.54, 1.807) is 0 Å². The number of benzene rings is 1. The van der Waals surface area contributed by atoms with Crippen LogP contribution in [0.3, 0.4) is 0 Å². The van der Waals surface area contributed by atoms with Gasteiger partial charge in [0.15, 0.2) is 0 Å². The van der Waals surface area contributed by atoms with E-state index in [2.05, 4.69) is 56.4 Å². The number of esters is 1. The van der Waals surface area contributed by atoms with E-state index < -0.39 is 5.54 Å². The molecule has 3 heteroatoms. The molecule has 0 unspecified atom stereocenters. The van der Waals surface area contributed by atoms with Crippen LogP contribution >= 0.6 is 0 Å². The third-order valence-electron chi connectivity index (χ3n) is 6.62. The van der Waals surface area contributed by atoms with Crippen LogP contribution in [0.15, 0.2) is 42.5 Å². The summed E-state index contributed by atoms with van der Waals surface area (Å²) in [4.78, 5) is 13.0. The molecule has 0 spiro atoms. The van der Waals surface area contributed by atoms with Crippen LogP contribution in [-0.4, -0.2) is 24.2 Å². The average Bonchev–Trinajstić information content (AvgIpc) is 3.13. The molecule has 1 aliphatic heterocycles. The molecule has 0 amide bonds. The summed E-state index contributed by atoms with van der Waals surface area (Å²) in [5, 5.41) is 3.32. The highest BCUT2D eigenvalue weighted by Gasteiger charge is 2.45. The number of hydrogen-bond acceptors (Lipinski definition) is 3. The first-order chi connectivity index (χ1) is 12.4. The first-order valence-corrected chi connectivity index (χ1v) is 10.1. The zero-order valence-corrected chi connectivity index (χ0v) is 16.6. The van der Waals surface area contributed by atoms with Crippen LogP contribution in [-0.2, 0) is 14.9 Å². The number of hydrogen-bond donors (Lipinski definition) is 1. The molecule has 0 radical (unpaired) electrons. The van der Waals surface area contributed by atoms with Gasteiger partial charge in [0.2, 0.25) is 0 Å². The number of nitrogens with one attached hydrogen (secondary N) is 1. The Hall–Kier alpha value is -1.61. The zero-order chi connectivity index (χ0) is 18.8. The SMILES string of the molecule is CC[C@]1(C(=O)O[C@@H]2C[C@H](C)CC[C@H]2C(C)(C)c2ccccc2)C=CCN1. The molecule has 0 bridgehead atoms. The van der Waals surface area contributed by atoms with Gasteiger partial charge in [-0.3, -0.25) is 5.32 Å². The molecular formula is C23H33NO2. The fraction of sp³-hybridized carbons (Fsp3) is 0.609. The summed E-state index contributed by atoms with van der Waals surface area (Å²) in [6.45, 7) is 9.65. The molecule has 1 aromatic rings. The van der Waals surface area contributed by atoms with Crippen LogP contribution in [0.5, 0.6) is 0 Å². The molecule has 26 heavy (non-hydrogen) atoms. The summed E-state index contributed by atoms with van der Waals surface area (Å²) in [5.74, 6) is 0.825. The average molecular weight is 356 g/mol. The van der Waals surface area contributed by atoms with Crippen molar-refractivity contribution in [2.75, 3.05) is 6.54 Å². The molecule has 1 saturated carbocycles. The monoisotopic (exact) mass is 355 g/mol. The van der Waals surface area contributed by atoms with Gasteiger partial charge in [-0.15, -0.1) is 0 Å². The molecule has 0 saturated heterocycles. The van der Waals surface area contributed by atoms with Crippen molar-refractivity contribution in [3.8, 4) is 0 Å². The summed E-state index contributed by atoms with van der Waals surface area (Å²) in [5.41, 5.74) is 0.664. The molecule has 1 aliphatic carbocycles. The Morgan fingerprint density at radius 2 is 2.00 bits per heavy atom. The smallest absolute Gasteiger partial charge is 0.330 e. The third-order valence-corrected chi connectivity index (χ3v) is 6.62. The molecule has 0 aromatic heterocycles. The van der Waals surface area contributed by atoms with Crippen molar-refractivity contribution in [3.63, 3.8) is 0 Å². The van der Waals surface area contributed by atoms with E-state index in [4.69, 9.17) is 4.74 Å². The van der Waals surface area contributed by atoms with Crippen LogP contribution in [0.4, 0.5) is 0 Å². The van der Waals surface area contributed by atoms with Crippen LogP contribution < -0.4 is 5.32 Å². The van der Waals surface area contributed by atoms with Crippen LogP contribution in [0.25, 0.3) is 0 Å². The van der Waals surface area contributed by atoms with Crippen molar-refractivity contribution < 1.29 is 9.53 Å². The Kier molecular flexibility index (Phi) is 5.57. The molecule has 1 fully saturated rings. The minimum Gasteiger partial charge on any atom is -0.460 e. The van der Waals surface area contributed by atoms with Gasteiger partial charge in [-0.2, -0.15) is 0 Å². The lowest BCUT2D eigenvalue weighted by Crippen LogP contribution is -2.52. The molecule has 1 heterocycles. The Labute approximate surface area is 158 Å².